The van der Waals surface area contributed by atoms with Crippen molar-refractivity contribution in [3.05, 3.63) is 23.9 Å². The lowest BCUT2D eigenvalue weighted by Crippen LogP contribution is -2.36. The lowest BCUT2D eigenvalue weighted by Gasteiger charge is -2.16. The third-order valence-corrected chi connectivity index (χ3v) is 3.11. The smallest absolute Gasteiger partial charge is 0.189 e. The van der Waals surface area contributed by atoms with E-state index in [1.807, 2.05) is 26.1 Å². The molecule has 0 aromatic carbocycles. The SMILES string of the molecule is CC(C)NC(N)=NCc1ccnc(N2CCCC2)c1.I. The molecule has 2 rings (SSSR count). The van der Waals surface area contributed by atoms with Crippen LogP contribution in [0.3, 0.4) is 0 Å². The number of halogens is 1. The number of nitrogens with one attached hydrogen (secondary N) is 1. The zero-order valence-electron chi connectivity index (χ0n) is 12.2. The topological polar surface area (TPSA) is 66.5 Å². The van der Waals surface area contributed by atoms with E-state index in [0.717, 1.165) is 24.5 Å². The van der Waals surface area contributed by atoms with E-state index in [9.17, 15) is 0 Å². The van der Waals surface area contributed by atoms with E-state index in [0.29, 0.717) is 18.5 Å². The fourth-order valence-electron chi connectivity index (χ4n) is 2.20. The van der Waals surface area contributed by atoms with Crippen LogP contribution in [0.25, 0.3) is 0 Å². The number of aromatic nitrogens is 1. The summed E-state index contributed by atoms with van der Waals surface area (Å²) in [5, 5.41) is 3.08. The number of rotatable bonds is 4. The highest BCUT2D eigenvalue weighted by molar-refractivity contribution is 14.0. The number of guanidine groups is 1. The molecule has 1 aromatic heterocycles. The van der Waals surface area contributed by atoms with Crippen molar-refractivity contribution in [1.29, 1.82) is 0 Å². The molecule has 1 saturated heterocycles. The van der Waals surface area contributed by atoms with Gasteiger partial charge in [-0.25, -0.2) is 9.98 Å². The molecule has 1 fully saturated rings. The average molecular weight is 389 g/mol. The van der Waals surface area contributed by atoms with Gasteiger partial charge in [-0.05, 0) is 44.4 Å². The summed E-state index contributed by atoms with van der Waals surface area (Å²) in [4.78, 5) is 11.1. The number of aliphatic imine (C=N–C) groups is 1. The molecule has 1 aromatic rings. The predicted molar refractivity (Wildman–Crippen MR) is 94.7 cm³/mol. The van der Waals surface area contributed by atoms with E-state index in [2.05, 4.69) is 26.3 Å². The molecule has 5 nitrogen and oxygen atoms in total. The summed E-state index contributed by atoms with van der Waals surface area (Å²) in [6.07, 6.45) is 4.37. The van der Waals surface area contributed by atoms with Crippen molar-refractivity contribution in [3.63, 3.8) is 0 Å². The maximum Gasteiger partial charge on any atom is 0.189 e. The highest BCUT2D eigenvalue weighted by Crippen LogP contribution is 2.18. The van der Waals surface area contributed by atoms with Gasteiger partial charge in [0.2, 0.25) is 0 Å². The van der Waals surface area contributed by atoms with E-state index < -0.39 is 0 Å². The maximum absolute atomic E-state index is 5.80. The van der Waals surface area contributed by atoms with Crippen LogP contribution in [-0.2, 0) is 6.54 Å². The molecule has 0 amide bonds. The zero-order chi connectivity index (χ0) is 13.7. The van der Waals surface area contributed by atoms with Crippen LogP contribution in [0.1, 0.15) is 32.3 Å². The van der Waals surface area contributed by atoms with Crippen LogP contribution >= 0.6 is 24.0 Å². The normalized spacial score (nSPS) is 15.3. The van der Waals surface area contributed by atoms with Crippen molar-refractivity contribution >= 4 is 35.8 Å². The minimum absolute atomic E-state index is 0. The molecular weight excluding hydrogens is 365 g/mol. The number of pyridine rings is 1. The van der Waals surface area contributed by atoms with Crippen molar-refractivity contribution in [3.8, 4) is 0 Å². The molecule has 6 heteroatoms. The summed E-state index contributed by atoms with van der Waals surface area (Å²) >= 11 is 0. The van der Waals surface area contributed by atoms with Gasteiger partial charge in [-0.3, -0.25) is 0 Å². The Hall–Kier alpha value is -1.05. The van der Waals surface area contributed by atoms with Crippen molar-refractivity contribution in [1.82, 2.24) is 10.3 Å². The molecule has 0 bridgehead atoms. The minimum Gasteiger partial charge on any atom is -0.370 e. The standard InChI is InChI=1S/C14H23N5.HI/c1-11(2)18-14(15)17-10-12-5-6-16-13(9-12)19-7-3-4-8-19;/h5-6,9,11H,3-4,7-8,10H2,1-2H3,(H3,15,17,18);1H. The fraction of sp³-hybridized carbons (Fsp3) is 0.571. The van der Waals surface area contributed by atoms with Gasteiger partial charge < -0.3 is 16.0 Å². The van der Waals surface area contributed by atoms with Crippen LogP contribution in [-0.4, -0.2) is 30.1 Å². The average Bonchev–Trinajstić information content (AvgIpc) is 2.90. The Morgan fingerprint density at radius 2 is 2.15 bits per heavy atom. The Morgan fingerprint density at radius 3 is 2.80 bits per heavy atom. The largest absolute Gasteiger partial charge is 0.370 e. The third kappa shape index (κ3) is 5.15. The molecule has 112 valence electrons. The van der Waals surface area contributed by atoms with Gasteiger partial charge in [-0.1, -0.05) is 0 Å². The summed E-state index contributed by atoms with van der Waals surface area (Å²) < 4.78 is 0. The van der Waals surface area contributed by atoms with E-state index in [1.54, 1.807) is 0 Å². The Balaban J connectivity index is 0.00000200. The zero-order valence-corrected chi connectivity index (χ0v) is 14.5. The number of anilines is 1. The second-order valence-electron chi connectivity index (χ2n) is 5.22. The second kappa shape index (κ2) is 8.28. The van der Waals surface area contributed by atoms with Crippen LogP contribution in [0.4, 0.5) is 5.82 Å². The van der Waals surface area contributed by atoms with Crippen molar-refractivity contribution in [2.24, 2.45) is 10.7 Å². The monoisotopic (exact) mass is 389 g/mol. The highest BCUT2D eigenvalue weighted by atomic mass is 127. The number of nitrogens with two attached hydrogens (primary N) is 1. The van der Waals surface area contributed by atoms with Crippen LogP contribution in [0.15, 0.2) is 23.3 Å². The molecule has 0 aliphatic carbocycles. The predicted octanol–water partition coefficient (Wildman–Crippen LogP) is 2.11. The van der Waals surface area contributed by atoms with Gasteiger partial charge in [0.15, 0.2) is 5.96 Å². The van der Waals surface area contributed by atoms with E-state index >= 15 is 0 Å². The van der Waals surface area contributed by atoms with Gasteiger partial charge in [0.25, 0.3) is 0 Å². The molecule has 0 atom stereocenters. The molecule has 1 aliphatic rings. The summed E-state index contributed by atoms with van der Waals surface area (Å²) in [6.45, 7) is 6.89. The minimum atomic E-state index is 0. The lowest BCUT2D eigenvalue weighted by atomic mass is 10.2. The quantitative estimate of drug-likeness (QED) is 0.470. The Morgan fingerprint density at radius 1 is 1.45 bits per heavy atom. The fourth-order valence-corrected chi connectivity index (χ4v) is 2.20. The molecule has 0 spiro atoms. The summed E-state index contributed by atoms with van der Waals surface area (Å²) in [7, 11) is 0. The first-order chi connectivity index (χ1) is 9.15. The van der Waals surface area contributed by atoms with Crippen molar-refractivity contribution in [2.45, 2.75) is 39.3 Å². The van der Waals surface area contributed by atoms with Crippen LogP contribution in [0.5, 0.6) is 0 Å². The second-order valence-corrected chi connectivity index (χ2v) is 5.22. The molecule has 1 aliphatic heterocycles. The molecule has 0 unspecified atom stereocenters. The number of hydrogen-bond donors (Lipinski definition) is 2. The summed E-state index contributed by atoms with van der Waals surface area (Å²) in [6, 6.07) is 4.41. The summed E-state index contributed by atoms with van der Waals surface area (Å²) in [5.41, 5.74) is 6.94. The molecular formula is C14H24IN5. The van der Waals surface area contributed by atoms with E-state index in [-0.39, 0.29) is 24.0 Å². The van der Waals surface area contributed by atoms with Crippen LogP contribution in [0.2, 0.25) is 0 Å². The van der Waals surface area contributed by atoms with Crippen molar-refractivity contribution < 1.29 is 0 Å². The van der Waals surface area contributed by atoms with Gasteiger partial charge >= 0.3 is 0 Å². The van der Waals surface area contributed by atoms with Crippen molar-refractivity contribution in [2.75, 3.05) is 18.0 Å². The number of nitrogens with zero attached hydrogens (tertiary/aromatic N) is 3. The summed E-state index contributed by atoms with van der Waals surface area (Å²) in [5.74, 6) is 1.55. The Labute approximate surface area is 138 Å². The Kier molecular flexibility index (Phi) is 7.04. The van der Waals surface area contributed by atoms with Gasteiger partial charge in [-0.15, -0.1) is 24.0 Å². The molecule has 2 heterocycles. The third-order valence-electron chi connectivity index (χ3n) is 3.11. The number of hydrogen-bond acceptors (Lipinski definition) is 3. The first kappa shape index (κ1) is 17.0. The highest BCUT2D eigenvalue weighted by Gasteiger charge is 2.13. The molecule has 3 N–H and O–H groups in total. The van der Waals surface area contributed by atoms with Gasteiger partial charge in [-0.2, -0.15) is 0 Å². The van der Waals surface area contributed by atoms with E-state index in [4.69, 9.17) is 5.73 Å². The first-order valence-electron chi connectivity index (χ1n) is 6.91. The first-order valence-corrected chi connectivity index (χ1v) is 6.91. The van der Waals surface area contributed by atoms with Gasteiger partial charge in [0.1, 0.15) is 5.82 Å². The lowest BCUT2D eigenvalue weighted by molar-refractivity contribution is 0.723. The maximum atomic E-state index is 5.80. The van der Waals surface area contributed by atoms with Crippen LogP contribution < -0.4 is 16.0 Å². The van der Waals surface area contributed by atoms with Gasteiger partial charge in [0, 0.05) is 25.3 Å². The van der Waals surface area contributed by atoms with E-state index in [1.165, 1.54) is 12.8 Å². The van der Waals surface area contributed by atoms with Gasteiger partial charge in [0.05, 0.1) is 6.54 Å². The molecule has 0 saturated carbocycles. The molecule has 0 radical (unpaired) electrons. The van der Waals surface area contributed by atoms with Crippen LogP contribution in [0, 0.1) is 0 Å². The Bertz CT molecular complexity index is 441. The molecule has 20 heavy (non-hydrogen) atoms.